The van der Waals surface area contributed by atoms with Crippen molar-refractivity contribution in [3.8, 4) is 11.5 Å². The fourth-order valence-corrected chi connectivity index (χ4v) is 2.62. The van der Waals surface area contributed by atoms with E-state index in [0.29, 0.717) is 13.1 Å². The van der Waals surface area contributed by atoms with Gasteiger partial charge in [0, 0.05) is 30.6 Å². The summed E-state index contributed by atoms with van der Waals surface area (Å²) in [6.07, 6.45) is 2.72. The predicted octanol–water partition coefficient (Wildman–Crippen LogP) is 2.27. The van der Waals surface area contributed by atoms with Crippen molar-refractivity contribution in [3.63, 3.8) is 0 Å². The van der Waals surface area contributed by atoms with Crippen molar-refractivity contribution < 1.29 is 14.6 Å². The van der Waals surface area contributed by atoms with Gasteiger partial charge in [-0.15, -0.1) is 0 Å². The first kappa shape index (κ1) is 15.1. The van der Waals surface area contributed by atoms with Crippen molar-refractivity contribution in [2.45, 2.75) is 51.9 Å². The summed E-state index contributed by atoms with van der Waals surface area (Å²) < 4.78 is 11.2. The summed E-state index contributed by atoms with van der Waals surface area (Å²) >= 11 is 0. The normalized spacial score (nSPS) is 18.5. The van der Waals surface area contributed by atoms with Gasteiger partial charge in [0.2, 0.25) is 0 Å². The first-order chi connectivity index (χ1) is 9.63. The van der Waals surface area contributed by atoms with Gasteiger partial charge in [-0.05, 0) is 25.5 Å². The van der Waals surface area contributed by atoms with Crippen molar-refractivity contribution in [3.05, 3.63) is 23.3 Å². The fraction of sp³-hybridized carbons (Fsp3) is 0.625. The van der Waals surface area contributed by atoms with Gasteiger partial charge in [0.1, 0.15) is 17.6 Å². The molecular formula is C16H25NO3. The topological polar surface area (TPSA) is 50.7 Å². The van der Waals surface area contributed by atoms with Gasteiger partial charge < -0.3 is 19.9 Å². The Kier molecular flexibility index (Phi) is 5.26. The maximum absolute atomic E-state index is 9.72. The van der Waals surface area contributed by atoms with Crippen LogP contribution in [0.1, 0.15) is 37.8 Å². The Labute approximate surface area is 121 Å². The third kappa shape index (κ3) is 3.64. The highest BCUT2D eigenvalue weighted by Gasteiger charge is 2.21. The molecule has 0 spiro atoms. The number of methoxy groups -OCH3 is 1. The second kappa shape index (κ2) is 6.95. The molecule has 0 fully saturated rings. The summed E-state index contributed by atoms with van der Waals surface area (Å²) in [6, 6.07) is 4.12. The van der Waals surface area contributed by atoms with E-state index < -0.39 is 0 Å². The molecule has 1 aliphatic rings. The third-order valence-corrected chi connectivity index (χ3v) is 3.62. The number of fused-ring (bicyclic) bond motifs is 1. The van der Waals surface area contributed by atoms with Crippen LogP contribution in [0.3, 0.4) is 0 Å². The molecule has 0 saturated heterocycles. The number of rotatable bonds is 7. The van der Waals surface area contributed by atoms with E-state index in [-0.39, 0.29) is 12.2 Å². The predicted molar refractivity (Wildman–Crippen MR) is 79.4 cm³/mol. The maximum Gasteiger partial charge on any atom is 0.123 e. The Bertz CT molecular complexity index is 448. The van der Waals surface area contributed by atoms with Gasteiger partial charge in [0.25, 0.3) is 0 Å². The minimum Gasteiger partial charge on any atom is -0.496 e. The molecule has 0 radical (unpaired) electrons. The molecule has 0 bridgehead atoms. The van der Waals surface area contributed by atoms with E-state index >= 15 is 0 Å². The lowest BCUT2D eigenvalue weighted by molar-refractivity contribution is 0.160. The highest BCUT2D eigenvalue weighted by molar-refractivity contribution is 5.48. The molecule has 0 aromatic heterocycles. The number of hydrogen-bond acceptors (Lipinski definition) is 4. The molecule has 4 heteroatoms. The molecular weight excluding hydrogens is 254 g/mol. The second-order valence-corrected chi connectivity index (χ2v) is 5.48. The van der Waals surface area contributed by atoms with Gasteiger partial charge in [0.15, 0.2) is 0 Å². The summed E-state index contributed by atoms with van der Waals surface area (Å²) in [5, 5.41) is 13.0. The van der Waals surface area contributed by atoms with Crippen LogP contribution in [-0.2, 0) is 13.0 Å². The highest BCUT2D eigenvalue weighted by Crippen LogP contribution is 2.34. The molecule has 1 heterocycles. The van der Waals surface area contributed by atoms with Gasteiger partial charge in [-0.3, -0.25) is 0 Å². The first-order valence-electron chi connectivity index (χ1n) is 7.39. The maximum atomic E-state index is 9.72. The molecule has 2 rings (SSSR count). The van der Waals surface area contributed by atoms with E-state index in [0.717, 1.165) is 36.3 Å². The largest absolute Gasteiger partial charge is 0.496 e. The van der Waals surface area contributed by atoms with E-state index in [2.05, 4.69) is 31.3 Å². The van der Waals surface area contributed by atoms with Crippen molar-refractivity contribution in [2.75, 3.05) is 13.7 Å². The van der Waals surface area contributed by atoms with Crippen molar-refractivity contribution >= 4 is 0 Å². The number of nitrogens with one attached hydrogen (secondary N) is 1. The Morgan fingerprint density at radius 1 is 1.50 bits per heavy atom. The molecule has 1 aromatic rings. The van der Waals surface area contributed by atoms with E-state index in [1.54, 1.807) is 7.11 Å². The number of aliphatic hydroxyl groups is 1. The molecule has 0 amide bonds. The van der Waals surface area contributed by atoms with E-state index in [4.69, 9.17) is 9.47 Å². The Morgan fingerprint density at radius 2 is 2.30 bits per heavy atom. The summed E-state index contributed by atoms with van der Waals surface area (Å²) in [7, 11) is 1.69. The van der Waals surface area contributed by atoms with Crippen molar-refractivity contribution in [1.29, 1.82) is 0 Å². The molecule has 0 saturated carbocycles. The number of hydrogen-bond donors (Lipinski definition) is 2. The van der Waals surface area contributed by atoms with Gasteiger partial charge in [-0.1, -0.05) is 13.3 Å². The van der Waals surface area contributed by atoms with Gasteiger partial charge in [-0.2, -0.15) is 0 Å². The molecule has 1 aliphatic heterocycles. The smallest absolute Gasteiger partial charge is 0.123 e. The van der Waals surface area contributed by atoms with E-state index in [9.17, 15) is 5.11 Å². The van der Waals surface area contributed by atoms with Gasteiger partial charge in [-0.25, -0.2) is 0 Å². The van der Waals surface area contributed by atoms with Gasteiger partial charge >= 0.3 is 0 Å². The van der Waals surface area contributed by atoms with Crippen LogP contribution in [0, 0.1) is 0 Å². The summed E-state index contributed by atoms with van der Waals surface area (Å²) in [5.41, 5.74) is 2.29. The van der Waals surface area contributed by atoms with Gasteiger partial charge in [0.05, 0.1) is 13.2 Å². The zero-order valence-corrected chi connectivity index (χ0v) is 12.6. The highest BCUT2D eigenvalue weighted by atomic mass is 16.5. The van der Waals surface area contributed by atoms with Crippen LogP contribution >= 0.6 is 0 Å². The first-order valence-corrected chi connectivity index (χ1v) is 7.39. The van der Waals surface area contributed by atoms with Crippen LogP contribution in [0.25, 0.3) is 0 Å². The molecule has 20 heavy (non-hydrogen) atoms. The van der Waals surface area contributed by atoms with Crippen LogP contribution in [0.15, 0.2) is 12.1 Å². The molecule has 112 valence electrons. The van der Waals surface area contributed by atoms with Crippen LogP contribution in [0.4, 0.5) is 0 Å². The van der Waals surface area contributed by atoms with Crippen LogP contribution < -0.4 is 14.8 Å². The SMILES string of the molecule is CCCC(O)CNCc1cc2c(cc1OC)CC(C)O2. The standard InChI is InChI=1S/C16H25NO3/c1-4-5-14(18)10-17-9-13-8-16-12(6-11(2)20-16)7-15(13)19-3/h7-8,11,14,17-18H,4-6,9-10H2,1-3H3. The zero-order chi connectivity index (χ0) is 14.5. The minimum absolute atomic E-state index is 0.240. The Balaban J connectivity index is 1.99. The van der Waals surface area contributed by atoms with Crippen LogP contribution in [0.5, 0.6) is 11.5 Å². The minimum atomic E-state index is -0.281. The lowest BCUT2D eigenvalue weighted by Gasteiger charge is -2.14. The zero-order valence-electron chi connectivity index (χ0n) is 12.6. The summed E-state index contributed by atoms with van der Waals surface area (Å²) in [6.45, 7) is 5.43. The molecule has 2 atom stereocenters. The van der Waals surface area contributed by atoms with Crippen molar-refractivity contribution in [1.82, 2.24) is 5.32 Å². The molecule has 2 N–H and O–H groups in total. The lowest BCUT2D eigenvalue weighted by Crippen LogP contribution is -2.26. The fourth-order valence-electron chi connectivity index (χ4n) is 2.62. The molecule has 1 aromatic carbocycles. The number of benzene rings is 1. The molecule has 0 aliphatic carbocycles. The quantitative estimate of drug-likeness (QED) is 0.804. The summed E-state index contributed by atoms with van der Waals surface area (Å²) in [5.74, 6) is 1.85. The Morgan fingerprint density at radius 3 is 3.00 bits per heavy atom. The average Bonchev–Trinajstić information content (AvgIpc) is 2.77. The van der Waals surface area contributed by atoms with E-state index in [1.807, 2.05) is 0 Å². The average molecular weight is 279 g/mol. The van der Waals surface area contributed by atoms with Crippen LogP contribution in [0.2, 0.25) is 0 Å². The third-order valence-electron chi connectivity index (χ3n) is 3.62. The summed E-state index contributed by atoms with van der Waals surface area (Å²) in [4.78, 5) is 0. The lowest BCUT2D eigenvalue weighted by atomic mass is 10.1. The van der Waals surface area contributed by atoms with Crippen LogP contribution in [-0.4, -0.2) is 31.0 Å². The van der Waals surface area contributed by atoms with E-state index in [1.165, 1.54) is 5.56 Å². The number of aliphatic hydroxyl groups excluding tert-OH is 1. The monoisotopic (exact) mass is 279 g/mol. The second-order valence-electron chi connectivity index (χ2n) is 5.48. The Hall–Kier alpha value is -1.26. The number of ether oxygens (including phenoxy) is 2. The molecule has 4 nitrogen and oxygen atoms in total. The molecule has 2 unspecified atom stereocenters. The van der Waals surface area contributed by atoms with Crippen molar-refractivity contribution in [2.24, 2.45) is 0 Å².